The molecule has 0 N–H and O–H groups in total. The number of ether oxygens (including phenoxy) is 1. The van der Waals surface area contributed by atoms with E-state index in [2.05, 4.69) is 22.9 Å². The molecule has 1 fully saturated rings. The molecule has 6 nitrogen and oxygen atoms in total. The van der Waals surface area contributed by atoms with Crippen molar-refractivity contribution in [3.63, 3.8) is 0 Å². The standard InChI is InChI=1S/C16H22N4O2/c1-12-11-19(15(21)22-16(2,3)4)7-8-20(12)14-6-5-13(9-17)10-18-14/h5-6,10,12H,7-8,11H2,1-4H3/t12-/m1/s1. The average Bonchev–Trinajstić information content (AvgIpc) is 2.45. The van der Waals surface area contributed by atoms with Gasteiger partial charge in [-0.1, -0.05) is 0 Å². The number of anilines is 1. The highest BCUT2D eigenvalue weighted by Crippen LogP contribution is 2.20. The molecule has 118 valence electrons. The van der Waals surface area contributed by atoms with Crippen LogP contribution in [0.2, 0.25) is 0 Å². The summed E-state index contributed by atoms with van der Waals surface area (Å²) in [4.78, 5) is 20.3. The maximum atomic E-state index is 12.1. The number of piperazine rings is 1. The minimum Gasteiger partial charge on any atom is -0.444 e. The molecule has 0 unspecified atom stereocenters. The molecular weight excluding hydrogens is 280 g/mol. The van der Waals surface area contributed by atoms with Crippen LogP contribution in [0.25, 0.3) is 0 Å². The highest BCUT2D eigenvalue weighted by atomic mass is 16.6. The molecule has 6 heteroatoms. The minimum absolute atomic E-state index is 0.140. The Morgan fingerprint density at radius 2 is 2.14 bits per heavy atom. The fourth-order valence-electron chi connectivity index (χ4n) is 2.41. The number of aromatic nitrogens is 1. The molecule has 2 rings (SSSR count). The van der Waals surface area contributed by atoms with Crippen molar-refractivity contribution in [1.82, 2.24) is 9.88 Å². The van der Waals surface area contributed by atoms with Gasteiger partial charge in [-0.15, -0.1) is 0 Å². The maximum Gasteiger partial charge on any atom is 0.410 e. The Bertz CT molecular complexity index is 571. The monoisotopic (exact) mass is 302 g/mol. The van der Waals surface area contributed by atoms with Crippen LogP contribution in [0.3, 0.4) is 0 Å². The number of carbonyl (C=O) groups is 1. The number of nitrogens with zero attached hydrogens (tertiary/aromatic N) is 4. The van der Waals surface area contributed by atoms with Gasteiger partial charge in [0.2, 0.25) is 0 Å². The number of amides is 1. The molecule has 22 heavy (non-hydrogen) atoms. The van der Waals surface area contributed by atoms with Crippen LogP contribution in [0.1, 0.15) is 33.3 Å². The zero-order valence-corrected chi connectivity index (χ0v) is 13.5. The summed E-state index contributed by atoms with van der Waals surface area (Å²) in [5, 5.41) is 8.82. The summed E-state index contributed by atoms with van der Waals surface area (Å²) in [5.41, 5.74) is 0.0652. The lowest BCUT2D eigenvalue weighted by atomic mass is 10.2. The highest BCUT2D eigenvalue weighted by Gasteiger charge is 2.30. The molecule has 1 saturated heterocycles. The lowest BCUT2D eigenvalue weighted by Gasteiger charge is -2.40. The van der Waals surface area contributed by atoms with E-state index in [0.717, 1.165) is 5.82 Å². The van der Waals surface area contributed by atoms with Crippen LogP contribution in [0, 0.1) is 11.3 Å². The van der Waals surface area contributed by atoms with Crippen LogP contribution in [-0.4, -0.2) is 47.3 Å². The summed E-state index contributed by atoms with van der Waals surface area (Å²) in [6, 6.07) is 5.81. The number of hydrogen-bond donors (Lipinski definition) is 0. The van der Waals surface area contributed by atoms with Crippen molar-refractivity contribution >= 4 is 11.9 Å². The molecule has 1 aromatic rings. The smallest absolute Gasteiger partial charge is 0.410 e. The van der Waals surface area contributed by atoms with Crippen LogP contribution >= 0.6 is 0 Å². The first kappa shape index (κ1) is 16.1. The van der Waals surface area contributed by atoms with E-state index >= 15 is 0 Å². The second-order valence-electron chi connectivity index (χ2n) is 6.49. The van der Waals surface area contributed by atoms with E-state index in [1.54, 1.807) is 17.2 Å². The molecule has 0 saturated carbocycles. The Hall–Kier alpha value is -2.29. The SMILES string of the molecule is C[C@@H]1CN(C(=O)OC(C)(C)C)CCN1c1ccc(C#N)cn1. The van der Waals surface area contributed by atoms with Crippen molar-refractivity contribution in [3.05, 3.63) is 23.9 Å². The topological polar surface area (TPSA) is 69.5 Å². The summed E-state index contributed by atoms with van der Waals surface area (Å²) < 4.78 is 5.41. The minimum atomic E-state index is -0.480. The fourth-order valence-corrected chi connectivity index (χ4v) is 2.41. The van der Waals surface area contributed by atoms with Gasteiger partial charge in [-0.3, -0.25) is 0 Å². The third-order valence-corrected chi connectivity index (χ3v) is 3.45. The van der Waals surface area contributed by atoms with E-state index in [4.69, 9.17) is 10.00 Å². The fraction of sp³-hybridized carbons (Fsp3) is 0.562. The molecular formula is C16H22N4O2. The second-order valence-corrected chi connectivity index (χ2v) is 6.49. The number of pyridine rings is 1. The summed E-state index contributed by atoms with van der Waals surface area (Å²) >= 11 is 0. The largest absolute Gasteiger partial charge is 0.444 e. The van der Waals surface area contributed by atoms with Gasteiger partial charge in [-0.2, -0.15) is 5.26 Å². The second kappa shape index (κ2) is 6.22. The van der Waals surface area contributed by atoms with Gasteiger partial charge < -0.3 is 14.5 Å². The van der Waals surface area contributed by atoms with E-state index in [0.29, 0.717) is 25.2 Å². The third-order valence-electron chi connectivity index (χ3n) is 3.45. The Kier molecular flexibility index (Phi) is 4.55. The van der Waals surface area contributed by atoms with Gasteiger partial charge in [0.15, 0.2) is 0 Å². The molecule has 1 aromatic heterocycles. The number of carbonyl (C=O) groups excluding carboxylic acids is 1. The van der Waals surface area contributed by atoms with Crippen LogP contribution in [0.15, 0.2) is 18.3 Å². The summed E-state index contributed by atoms with van der Waals surface area (Å²) in [6.07, 6.45) is 1.30. The van der Waals surface area contributed by atoms with Crippen LogP contribution in [-0.2, 0) is 4.74 Å². The van der Waals surface area contributed by atoms with Gasteiger partial charge in [-0.25, -0.2) is 9.78 Å². The molecule has 0 radical (unpaired) electrons. The molecule has 0 aliphatic carbocycles. The van der Waals surface area contributed by atoms with E-state index in [1.807, 2.05) is 26.8 Å². The van der Waals surface area contributed by atoms with Crippen molar-refractivity contribution < 1.29 is 9.53 Å². The van der Waals surface area contributed by atoms with Gasteiger partial charge in [0.25, 0.3) is 0 Å². The molecule has 0 spiro atoms. The predicted octanol–water partition coefficient (Wildman–Crippen LogP) is 2.40. The Balaban J connectivity index is 2.00. The van der Waals surface area contributed by atoms with Crippen molar-refractivity contribution in [1.29, 1.82) is 5.26 Å². The molecule has 1 amide bonds. The zero-order chi connectivity index (χ0) is 16.3. The maximum absolute atomic E-state index is 12.1. The summed E-state index contributed by atoms with van der Waals surface area (Å²) in [5.74, 6) is 0.829. The quantitative estimate of drug-likeness (QED) is 0.796. The van der Waals surface area contributed by atoms with Crippen LogP contribution < -0.4 is 4.90 Å². The Morgan fingerprint density at radius 3 is 2.64 bits per heavy atom. The van der Waals surface area contributed by atoms with Gasteiger partial charge in [0.1, 0.15) is 17.5 Å². The lowest BCUT2D eigenvalue weighted by molar-refractivity contribution is 0.0218. The first-order valence-corrected chi connectivity index (χ1v) is 7.41. The summed E-state index contributed by atoms with van der Waals surface area (Å²) in [7, 11) is 0. The number of hydrogen-bond acceptors (Lipinski definition) is 5. The Morgan fingerprint density at radius 1 is 1.41 bits per heavy atom. The van der Waals surface area contributed by atoms with Crippen LogP contribution in [0.5, 0.6) is 0 Å². The first-order chi connectivity index (χ1) is 10.3. The van der Waals surface area contributed by atoms with E-state index in [-0.39, 0.29) is 12.1 Å². The van der Waals surface area contributed by atoms with E-state index in [1.165, 1.54) is 0 Å². The molecule has 1 atom stereocenters. The van der Waals surface area contributed by atoms with Gasteiger partial charge >= 0.3 is 6.09 Å². The lowest BCUT2D eigenvalue weighted by Crippen LogP contribution is -2.54. The van der Waals surface area contributed by atoms with Crippen molar-refractivity contribution in [2.75, 3.05) is 24.5 Å². The molecule has 0 aromatic carbocycles. The van der Waals surface area contributed by atoms with Crippen molar-refractivity contribution in [2.45, 2.75) is 39.3 Å². The van der Waals surface area contributed by atoms with Crippen molar-refractivity contribution in [2.24, 2.45) is 0 Å². The molecule has 0 bridgehead atoms. The normalized spacial score (nSPS) is 18.8. The number of nitriles is 1. The van der Waals surface area contributed by atoms with Crippen LogP contribution in [0.4, 0.5) is 10.6 Å². The molecule has 2 heterocycles. The van der Waals surface area contributed by atoms with Gasteiger partial charge in [-0.05, 0) is 39.8 Å². The highest BCUT2D eigenvalue weighted by molar-refractivity contribution is 5.68. The van der Waals surface area contributed by atoms with E-state index < -0.39 is 5.60 Å². The summed E-state index contributed by atoms with van der Waals surface area (Å²) in [6.45, 7) is 9.54. The molecule has 1 aliphatic rings. The average molecular weight is 302 g/mol. The third kappa shape index (κ3) is 3.88. The predicted molar refractivity (Wildman–Crippen MR) is 83.6 cm³/mol. The van der Waals surface area contributed by atoms with E-state index in [9.17, 15) is 4.79 Å². The molecule has 1 aliphatic heterocycles. The zero-order valence-electron chi connectivity index (χ0n) is 13.5. The van der Waals surface area contributed by atoms with Crippen molar-refractivity contribution in [3.8, 4) is 6.07 Å². The Labute approximate surface area is 131 Å². The van der Waals surface area contributed by atoms with Gasteiger partial charge in [0, 0.05) is 31.9 Å². The van der Waals surface area contributed by atoms with Gasteiger partial charge in [0.05, 0.1) is 5.56 Å². The number of rotatable bonds is 1. The first-order valence-electron chi connectivity index (χ1n) is 7.41.